The molecule has 0 unspecified atom stereocenters. The first kappa shape index (κ1) is 15.1. The van der Waals surface area contributed by atoms with Gasteiger partial charge in [-0.05, 0) is 25.7 Å². The van der Waals surface area contributed by atoms with Crippen LogP contribution in [0, 0.1) is 12.8 Å². The Hall–Kier alpha value is -1.85. The van der Waals surface area contributed by atoms with Crippen LogP contribution in [0.5, 0.6) is 0 Å². The van der Waals surface area contributed by atoms with E-state index in [1.165, 1.54) is 38.5 Å². The molecule has 120 valence electrons. The Labute approximate surface area is 130 Å². The summed E-state index contributed by atoms with van der Waals surface area (Å²) < 4.78 is 5.04. The second kappa shape index (κ2) is 6.50. The standard InChI is InChI=1S/C16H23N3O3/c1-11-15(17-10-22-11)16(21)18-13-7-14(20)19(9-13)8-12-5-3-2-4-6-12/h10,12-13H,2-9H2,1H3,(H,18,21)/t13-/m1/s1. The van der Waals surface area contributed by atoms with Gasteiger partial charge in [0.15, 0.2) is 12.1 Å². The Morgan fingerprint density at radius 1 is 1.41 bits per heavy atom. The second-order valence-corrected chi connectivity index (χ2v) is 6.43. The van der Waals surface area contributed by atoms with Gasteiger partial charge in [0.25, 0.3) is 5.91 Å². The van der Waals surface area contributed by atoms with E-state index in [0.29, 0.717) is 30.3 Å². The van der Waals surface area contributed by atoms with E-state index >= 15 is 0 Å². The van der Waals surface area contributed by atoms with Gasteiger partial charge in [0, 0.05) is 19.5 Å². The van der Waals surface area contributed by atoms with E-state index in [-0.39, 0.29) is 17.9 Å². The number of nitrogens with zero attached hydrogens (tertiary/aromatic N) is 2. The average Bonchev–Trinajstić information content (AvgIpc) is 3.07. The van der Waals surface area contributed by atoms with Crippen LogP contribution < -0.4 is 5.32 Å². The molecule has 1 saturated heterocycles. The van der Waals surface area contributed by atoms with Crippen LogP contribution in [0.2, 0.25) is 0 Å². The van der Waals surface area contributed by atoms with Crippen molar-refractivity contribution in [2.24, 2.45) is 5.92 Å². The molecule has 0 bridgehead atoms. The molecule has 6 nitrogen and oxygen atoms in total. The van der Waals surface area contributed by atoms with Crippen molar-refractivity contribution in [1.82, 2.24) is 15.2 Å². The monoisotopic (exact) mass is 305 g/mol. The van der Waals surface area contributed by atoms with Crippen molar-refractivity contribution in [1.29, 1.82) is 0 Å². The predicted octanol–water partition coefficient (Wildman–Crippen LogP) is 1.89. The quantitative estimate of drug-likeness (QED) is 0.921. The van der Waals surface area contributed by atoms with Gasteiger partial charge < -0.3 is 14.6 Å². The van der Waals surface area contributed by atoms with E-state index in [1.54, 1.807) is 6.92 Å². The summed E-state index contributed by atoms with van der Waals surface area (Å²) in [7, 11) is 0. The molecule has 1 aliphatic carbocycles. The summed E-state index contributed by atoms with van der Waals surface area (Å²) in [6.07, 6.45) is 7.96. The third kappa shape index (κ3) is 3.31. The van der Waals surface area contributed by atoms with E-state index in [1.807, 2.05) is 4.90 Å². The molecule has 1 atom stereocenters. The molecule has 1 N–H and O–H groups in total. The summed E-state index contributed by atoms with van der Waals surface area (Å²) in [6, 6.07) is -0.125. The summed E-state index contributed by atoms with van der Waals surface area (Å²) in [6.45, 7) is 3.16. The molecule has 22 heavy (non-hydrogen) atoms. The number of amides is 2. The predicted molar refractivity (Wildman–Crippen MR) is 80.3 cm³/mol. The average molecular weight is 305 g/mol. The Balaban J connectivity index is 1.53. The smallest absolute Gasteiger partial charge is 0.273 e. The van der Waals surface area contributed by atoms with E-state index in [2.05, 4.69) is 10.3 Å². The number of aromatic nitrogens is 1. The third-order valence-electron chi connectivity index (χ3n) is 4.71. The number of carbonyl (C=O) groups excluding carboxylic acids is 2. The van der Waals surface area contributed by atoms with Crippen molar-refractivity contribution in [3.8, 4) is 0 Å². The number of hydrogen-bond donors (Lipinski definition) is 1. The molecular formula is C16H23N3O3. The first-order valence-corrected chi connectivity index (χ1v) is 8.12. The van der Waals surface area contributed by atoms with Gasteiger partial charge in [-0.15, -0.1) is 0 Å². The maximum absolute atomic E-state index is 12.1. The van der Waals surface area contributed by atoms with E-state index in [9.17, 15) is 9.59 Å². The zero-order valence-electron chi connectivity index (χ0n) is 13.0. The summed E-state index contributed by atoms with van der Waals surface area (Å²) in [5, 5.41) is 2.90. The Kier molecular flexibility index (Phi) is 4.45. The van der Waals surface area contributed by atoms with Gasteiger partial charge >= 0.3 is 0 Å². The second-order valence-electron chi connectivity index (χ2n) is 6.43. The maximum Gasteiger partial charge on any atom is 0.273 e. The summed E-state index contributed by atoms with van der Waals surface area (Å²) >= 11 is 0. The zero-order chi connectivity index (χ0) is 15.5. The summed E-state index contributed by atoms with van der Waals surface area (Å²) in [4.78, 5) is 30.1. The van der Waals surface area contributed by atoms with Crippen molar-refractivity contribution in [2.75, 3.05) is 13.1 Å². The minimum atomic E-state index is -0.261. The van der Waals surface area contributed by atoms with Crippen LogP contribution in [0.3, 0.4) is 0 Å². The molecule has 1 saturated carbocycles. The Bertz CT molecular complexity index is 549. The lowest BCUT2D eigenvalue weighted by Gasteiger charge is -2.27. The number of likely N-dealkylation sites (tertiary alicyclic amines) is 1. The lowest BCUT2D eigenvalue weighted by Crippen LogP contribution is -2.38. The van der Waals surface area contributed by atoms with Crippen LogP contribution in [0.4, 0.5) is 0 Å². The van der Waals surface area contributed by atoms with E-state index in [0.717, 1.165) is 6.54 Å². The van der Waals surface area contributed by atoms with Gasteiger partial charge in [-0.1, -0.05) is 19.3 Å². The highest BCUT2D eigenvalue weighted by Gasteiger charge is 2.32. The Morgan fingerprint density at radius 2 is 2.18 bits per heavy atom. The number of rotatable bonds is 4. The van der Waals surface area contributed by atoms with Gasteiger partial charge in [0.2, 0.25) is 5.91 Å². The molecule has 2 heterocycles. The molecule has 0 radical (unpaired) electrons. The van der Waals surface area contributed by atoms with E-state index in [4.69, 9.17) is 4.42 Å². The van der Waals surface area contributed by atoms with Gasteiger partial charge in [0.05, 0.1) is 6.04 Å². The molecule has 2 fully saturated rings. The zero-order valence-corrected chi connectivity index (χ0v) is 13.0. The lowest BCUT2D eigenvalue weighted by molar-refractivity contribution is -0.128. The summed E-state index contributed by atoms with van der Waals surface area (Å²) in [5.74, 6) is 1.02. The Morgan fingerprint density at radius 3 is 2.86 bits per heavy atom. The van der Waals surface area contributed by atoms with Crippen molar-refractivity contribution in [2.45, 2.75) is 51.5 Å². The molecule has 6 heteroatoms. The highest BCUT2D eigenvalue weighted by molar-refractivity contribution is 5.94. The number of aryl methyl sites for hydroxylation is 1. The van der Waals surface area contributed by atoms with Crippen LogP contribution in [-0.4, -0.2) is 40.8 Å². The molecule has 2 aliphatic rings. The normalized spacial score (nSPS) is 23.0. The number of oxazole rings is 1. The lowest BCUT2D eigenvalue weighted by atomic mass is 9.89. The fourth-order valence-corrected chi connectivity index (χ4v) is 3.50. The molecule has 2 amide bonds. The van der Waals surface area contributed by atoms with Crippen LogP contribution >= 0.6 is 0 Å². The van der Waals surface area contributed by atoms with Crippen molar-refractivity contribution >= 4 is 11.8 Å². The first-order valence-electron chi connectivity index (χ1n) is 8.12. The highest BCUT2D eigenvalue weighted by atomic mass is 16.3. The van der Waals surface area contributed by atoms with Gasteiger partial charge in [-0.25, -0.2) is 4.98 Å². The van der Waals surface area contributed by atoms with Crippen molar-refractivity contribution in [3.63, 3.8) is 0 Å². The number of nitrogens with one attached hydrogen (secondary N) is 1. The van der Waals surface area contributed by atoms with E-state index < -0.39 is 0 Å². The van der Waals surface area contributed by atoms with Crippen LogP contribution in [0.1, 0.15) is 54.8 Å². The molecular weight excluding hydrogens is 282 g/mol. The van der Waals surface area contributed by atoms with Gasteiger partial charge in [0.1, 0.15) is 5.76 Å². The molecule has 1 aliphatic heterocycles. The maximum atomic E-state index is 12.1. The van der Waals surface area contributed by atoms with Crippen LogP contribution in [0.25, 0.3) is 0 Å². The largest absolute Gasteiger partial charge is 0.448 e. The minimum absolute atomic E-state index is 0.125. The fraction of sp³-hybridized carbons (Fsp3) is 0.688. The van der Waals surface area contributed by atoms with Crippen molar-refractivity contribution in [3.05, 3.63) is 17.8 Å². The van der Waals surface area contributed by atoms with Crippen LogP contribution in [-0.2, 0) is 4.79 Å². The first-order chi connectivity index (χ1) is 10.6. The van der Waals surface area contributed by atoms with Gasteiger partial charge in [-0.2, -0.15) is 0 Å². The minimum Gasteiger partial charge on any atom is -0.448 e. The van der Waals surface area contributed by atoms with Crippen molar-refractivity contribution < 1.29 is 14.0 Å². The number of carbonyl (C=O) groups is 2. The topological polar surface area (TPSA) is 75.4 Å². The molecule has 1 aromatic rings. The van der Waals surface area contributed by atoms with Gasteiger partial charge in [-0.3, -0.25) is 9.59 Å². The summed E-state index contributed by atoms with van der Waals surface area (Å²) in [5.41, 5.74) is 0.304. The molecule has 3 rings (SSSR count). The van der Waals surface area contributed by atoms with Crippen LogP contribution in [0.15, 0.2) is 10.8 Å². The molecule has 0 aromatic carbocycles. The SMILES string of the molecule is Cc1ocnc1C(=O)N[C@@H]1CC(=O)N(CC2CCCCC2)C1. The third-order valence-corrected chi connectivity index (χ3v) is 4.71. The number of hydrogen-bond acceptors (Lipinski definition) is 4. The molecule has 1 aromatic heterocycles. The molecule has 0 spiro atoms. The fourth-order valence-electron chi connectivity index (χ4n) is 3.50. The highest BCUT2D eigenvalue weighted by Crippen LogP contribution is 2.26.